The fourth-order valence-corrected chi connectivity index (χ4v) is 6.17. The molecule has 3 aromatic heterocycles. The summed E-state index contributed by atoms with van der Waals surface area (Å²) in [6.07, 6.45) is 2.05. The Morgan fingerprint density at radius 3 is 2.64 bits per heavy atom. The number of likely N-dealkylation sites (tertiary alicyclic amines) is 1. The molecular weight excluding hydrogens is 580 g/mol. The molecule has 1 fully saturated rings. The Morgan fingerprint density at radius 1 is 1.09 bits per heavy atom. The predicted octanol–water partition coefficient (Wildman–Crippen LogP) is 5.76. The number of piperidine rings is 1. The van der Waals surface area contributed by atoms with Gasteiger partial charge in [0.25, 0.3) is 11.5 Å². The number of benzene rings is 2. The van der Waals surface area contributed by atoms with Gasteiger partial charge in [-0.05, 0) is 72.5 Å². The number of amides is 2. The van der Waals surface area contributed by atoms with Crippen LogP contribution in [0.5, 0.6) is 0 Å². The highest BCUT2D eigenvalue weighted by atomic mass is 35.5. The molecule has 2 aromatic carbocycles. The Morgan fingerprint density at radius 2 is 1.86 bits per heavy atom. The molecule has 10 nitrogen and oxygen atoms in total. The van der Waals surface area contributed by atoms with Crippen LogP contribution >= 0.6 is 11.6 Å². The number of H-pyrrole nitrogens is 2. The number of halogens is 1. The SMILES string of the molecule is Cc1cc(C[C@@H](OC(=O)N2CCC(c3cc4ccccc4[nH]c3=O)CC2)c2cc(C(=O)N(C)C)cc(Cl)n2)cc2cn[nH]c12. The lowest BCUT2D eigenvalue weighted by atomic mass is 9.89. The van der Waals surface area contributed by atoms with E-state index in [4.69, 9.17) is 16.3 Å². The summed E-state index contributed by atoms with van der Waals surface area (Å²) in [5.74, 6) is -0.205. The second-order valence-electron chi connectivity index (χ2n) is 11.5. The molecule has 1 aliphatic rings. The van der Waals surface area contributed by atoms with Gasteiger partial charge in [0.05, 0.1) is 17.4 Å². The number of para-hydroxylation sites is 1. The fourth-order valence-electron chi connectivity index (χ4n) is 5.95. The molecule has 0 unspecified atom stereocenters. The number of aryl methyl sites for hydroxylation is 1. The summed E-state index contributed by atoms with van der Waals surface area (Å²) in [4.78, 5) is 49.8. The van der Waals surface area contributed by atoms with Crippen LogP contribution in [0.4, 0.5) is 4.79 Å². The topological polar surface area (TPSA) is 124 Å². The van der Waals surface area contributed by atoms with Crippen molar-refractivity contribution < 1.29 is 14.3 Å². The van der Waals surface area contributed by atoms with Crippen LogP contribution in [-0.4, -0.2) is 69.2 Å². The normalized spacial score (nSPS) is 14.6. The van der Waals surface area contributed by atoms with E-state index in [-0.39, 0.29) is 22.5 Å². The number of rotatable bonds is 6. The third-order valence-corrected chi connectivity index (χ3v) is 8.44. The zero-order chi connectivity index (χ0) is 31.0. The lowest BCUT2D eigenvalue weighted by Gasteiger charge is -2.32. The van der Waals surface area contributed by atoms with Crippen LogP contribution in [0.2, 0.25) is 5.15 Å². The summed E-state index contributed by atoms with van der Waals surface area (Å²) in [7, 11) is 3.32. The van der Waals surface area contributed by atoms with Gasteiger partial charge in [-0.1, -0.05) is 35.9 Å². The van der Waals surface area contributed by atoms with Crippen molar-refractivity contribution in [2.75, 3.05) is 27.2 Å². The Bertz CT molecular complexity index is 1930. The van der Waals surface area contributed by atoms with Gasteiger partial charge in [0.2, 0.25) is 0 Å². The molecule has 2 N–H and O–H groups in total. The van der Waals surface area contributed by atoms with E-state index >= 15 is 0 Å². The molecule has 0 radical (unpaired) electrons. The van der Waals surface area contributed by atoms with Crippen molar-refractivity contribution in [1.29, 1.82) is 0 Å². The molecule has 0 saturated carbocycles. The van der Waals surface area contributed by atoms with Gasteiger partial charge in [-0.2, -0.15) is 5.10 Å². The minimum atomic E-state index is -0.806. The van der Waals surface area contributed by atoms with Gasteiger partial charge in [-0.3, -0.25) is 14.7 Å². The van der Waals surface area contributed by atoms with Crippen LogP contribution in [-0.2, 0) is 11.2 Å². The van der Waals surface area contributed by atoms with Gasteiger partial charge in [-0.15, -0.1) is 0 Å². The number of carbonyl (C=O) groups excluding carboxylic acids is 2. The summed E-state index contributed by atoms with van der Waals surface area (Å²) in [5.41, 5.74) is 5.06. The minimum absolute atomic E-state index is 0.0297. The lowest BCUT2D eigenvalue weighted by Crippen LogP contribution is -2.39. The predicted molar refractivity (Wildman–Crippen MR) is 169 cm³/mol. The van der Waals surface area contributed by atoms with Crippen LogP contribution in [0.15, 0.2) is 65.6 Å². The molecule has 226 valence electrons. The zero-order valence-electron chi connectivity index (χ0n) is 24.8. The maximum absolute atomic E-state index is 13.6. The highest BCUT2D eigenvalue weighted by Crippen LogP contribution is 2.31. The molecule has 0 spiro atoms. The molecule has 1 saturated heterocycles. The van der Waals surface area contributed by atoms with Crippen molar-refractivity contribution in [3.63, 3.8) is 0 Å². The van der Waals surface area contributed by atoms with E-state index in [0.29, 0.717) is 43.6 Å². The van der Waals surface area contributed by atoms with Crippen molar-refractivity contribution in [3.8, 4) is 0 Å². The second-order valence-corrected chi connectivity index (χ2v) is 11.9. The summed E-state index contributed by atoms with van der Waals surface area (Å²) in [6, 6.07) is 16.8. The highest BCUT2D eigenvalue weighted by Gasteiger charge is 2.30. The van der Waals surface area contributed by atoms with Crippen LogP contribution in [0.25, 0.3) is 21.8 Å². The van der Waals surface area contributed by atoms with Crippen molar-refractivity contribution in [2.45, 2.75) is 38.2 Å². The molecule has 0 bridgehead atoms. The number of fused-ring (bicyclic) bond motifs is 2. The number of nitrogens with zero attached hydrogens (tertiary/aromatic N) is 4. The minimum Gasteiger partial charge on any atom is -0.439 e. The maximum Gasteiger partial charge on any atom is 0.410 e. The van der Waals surface area contributed by atoms with Gasteiger partial charge >= 0.3 is 6.09 Å². The summed E-state index contributed by atoms with van der Waals surface area (Å²) >= 11 is 6.37. The zero-order valence-corrected chi connectivity index (χ0v) is 25.5. The van der Waals surface area contributed by atoms with Gasteiger partial charge in [-0.25, -0.2) is 9.78 Å². The molecule has 44 heavy (non-hydrogen) atoms. The van der Waals surface area contributed by atoms with E-state index in [1.807, 2.05) is 49.4 Å². The Kier molecular flexibility index (Phi) is 8.09. The molecular formula is C33H33ClN6O4. The number of aromatic amines is 2. The smallest absolute Gasteiger partial charge is 0.410 e. The van der Waals surface area contributed by atoms with Crippen molar-refractivity contribution >= 4 is 45.4 Å². The first-order chi connectivity index (χ1) is 21.2. The van der Waals surface area contributed by atoms with Crippen molar-refractivity contribution in [3.05, 3.63) is 104 Å². The third-order valence-electron chi connectivity index (χ3n) is 8.24. The summed E-state index contributed by atoms with van der Waals surface area (Å²) < 4.78 is 6.14. The molecule has 1 aliphatic heterocycles. The molecule has 4 heterocycles. The number of ether oxygens (including phenoxy) is 1. The first kappa shape index (κ1) is 29.4. The Balaban J connectivity index is 1.24. The van der Waals surface area contributed by atoms with Gasteiger partial charge in [0.1, 0.15) is 11.3 Å². The van der Waals surface area contributed by atoms with Crippen molar-refractivity contribution in [2.24, 2.45) is 0 Å². The summed E-state index contributed by atoms with van der Waals surface area (Å²) in [5, 5.41) is 9.21. The van der Waals surface area contributed by atoms with Crippen molar-refractivity contribution in [1.82, 2.24) is 30.0 Å². The number of nitrogens with one attached hydrogen (secondary N) is 2. The fraction of sp³-hybridized carbons (Fsp3) is 0.303. The number of hydrogen-bond acceptors (Lipinski definition) is 6. The molecule has 1 atom stereocenters. The second kappa shape index (κ2) is 12.1. The third kappa shape index (κ3) is 6.03. The van der Waals surface area contributed by atoms with E-state index in [1.54, 1.807) is 31.3 Å². The average Bonchev–Trinajstić information content (AvgIpc) is 3.49. The largest absolute Gasteiger partial charge is 0.439 e. The molecule has 2 amide bonds. The van der Waals surface area contributed by atoms with Crippen LogP contribution < -0.4 is 5.56 Å². The van der Waals surface area contributed by atoms with Gasteiger partial charge in [0.15, 0.2) is 0 Å². The van der Waals surface area contributed by atoms with E-state index in [2.05, 4.69) is 20.2 Å². The molecule has 5 aromatic rings. The Hall–Kier alpha value is -4.70. The molecule has 11 heteroatoms. The van der Waals surface area contributed by atoms with Crippen LogP contribution in [0.3, 0.4) is 0 Å². The Labute approximate surface area is 259 Å². The quantitative estimate of drug-likeness (QED) is 0.235. The van der Waals surface area contributed by atoms with E-state index in [0.717, 1.165) is 38.5 Å². The monoisotopic (exact) mass is 612 g/mol. The first-order valence-electron chi connectivity index (χ1n) is 14.6. The van der Waals surface area contributed by atoms with Crippen LogP contribution in [0.1, 0.15) is 57.6 Å². The van der Waals surface area contributed by atoms with E-state index < -0.39 is 12.2 Å². The van der Waals surface area contributed by atoms with Gasteiger partial charge < -0.3 is 19.5 Å². The average molecular weight is 613 g/mol. The van der Waals surface area contributed by atoms with E-state index in [1.165, 1.54) is 11.0 Å². The maximum atomic E-state index is 13.6. The number of aromatic nitrogens is 4. The van der Waals surface area contributed by atoms with E-state index in [9.17, 15) is 14.4 Å². The number of carbonyl (C=O) groups is 2. The number of pyridine rings is 2. The first-order valence-corrected chi connectivity index (χ1v) is 14.9. The lowest BCUT2D eigenvalue weighted by molar-refractivity contribution is 0.0538. The highest BCUT2D eigenvalue weighted by molar-refractivity contribution is 6.29. The molecule has 0 aliphatic carbocycles. The molecule has 6 rings (SSSR count). The standard InChI is InChI=1S/C33H33ClN6O4/c1-19-12-20(13-24-18-35-38-30(19)24)14-28(27-16-23(17-29(34)36-27)32(42)39(2)3)44-33(43)40-10-8-21(9-11-40)25-15-22-6-4-5-7-26(22)37-31(25)41/h4-7,12-13,15-18,21,28H,8-11,14H2,1-3H3,(H,35,38)(H,37,41)/t28-/m1/s1. The van der Waals surface area contributed by atoms with Crippen LogP contribution in [0, 0.1) is 6.92 Å². The number of hydrogen-bond donors (Lipinski definition) is 2. The summed E-state index contributed by atoms with van der Waals surface area (Å²) in [6.45, 7) is 2.87. The van der Waals surface area contributed by atoms with Gasteiger partial charge in [0, 0.05) is 55.6 Å².